The molecule has 1 rings (SSSR count). The number of nitrogens with zero attached hydrogens (tertiary/aromatic N) is 2. The summed E-state index contributed by atoms with van der Waals surface area (Å²) in [6, 6.07) is 1.97. The Morgan fingerprint density at radius 3 is 2.71 bits per heavy atom. The zero-order chi connectivity index (χ0) is 12.9. The molecule has 0 aromatic carbocycles. The molecule has 0 fully saturated rings. The second-order valence-electron chi connectivity index (χ2n) is 5.38. The molecule has 0 aliphatic carbocycles. The van der Waals surface area contributed by atoms with E-state index in [1.165, 1.54) is 0 Å². The lowest BCUT2D eigenvalue weighted by Gasteiger charge is -2.23. The first kappa shape index (κ1) is 14.4. The number of likely N-dealkylation sites (N-methyl/N-ethyl adjacent to an activating group) is 1. The number of halogens is 1. The first-order valence-electron chi connectivity index (χ1n) is 5.90. The summed E-state index contributed by atoms with van der Waals surface area (Å²) in [6.45, 7) is 9.35. The van der Waals surface area contributed by atoms with Crippen molar-refractivity contribution in [3.05, 3.63) is 29.0 Å². The fraction of sp³-hybridized carbons (Fsp3) is 0.615. The van der Waals surface area contributed by atoms with Crippen molar-refractivity contribution in [3.8, 4) is 0 Å². The lowest BCUT2D eigenvalue weighted by Crippen LogP contribution is -2.40. The first-order chi connectivity index (χ1) is 7.88. The number of pyridine rings is 1. The van der Waals surface area contributed by atoms with E-state index in [1.54, 1.807) is 12.4 Å². The maximum absolute atomic E-state index is 6.07. The molecule has 0 unspecified atom stereocenters. The Bertz CT molecular complexity index is 347. The van der Waals surface area contributed by atoms with Crippen LogP contribution in [0.25, 0.3) is 0 Å². The number of aromatic nitrogens is 1. The summed E-state index contributed by atoms with van der Waals surface area (Å²) in [6.07, 6.45) is 3.47. The SMILES string of the molecule is CN(CCNC(C)(C)C)Cc1ccncc1Cl. The van der Waals surface area contributed by atoms with Crippen LogP contribution in [0.3, 0.4) is 0 Å². The molecular weight excluding hydrogens is 234 g/mol. The van der Waals surface area contributed by atoms with Crippen LogP contribution in [0.2, 0.25) is 5.02 Å². The molecule has 0 amide bonds. The third-order valence-electron chi connectivity index (χ3n) is 2.45. The number of hydrogen-bond donors (Lipinski definition) is 1. The molecule has 0 bridgehead atoms. The minimum Gasteiger partial charge on any atom is -0.311 e. The molecule has 17 heavy (non-hydrogen) atoms. The molecular formula is C13H22ClN3. The summed E-state index contributed by atoms with van der Waals surface area (Å²) in [4.78, 5) is 6.23. The summed E-state index contributed by atoms with van der Waals surface area (Å²) < 4.78 is 0. The molecule has 1 aromatic rings. The molecule has 1 N–H and O–H groups in total. The molecule has 0 radical (unpaired) electrons. The highest BCUT2D eigenvalue weighted by Crippen LogP contribution is 2.14. The molecule has 1 heterocycles. The Morgan fingerprint density at radius 2 is 2.12 bits per heavy atom. The minimum atomic E-state index is 0.176. The van der Waals surface area contributed by atoms with E-state index in [4.69, 9.17) is 11.6 Å². The van der Waals surface area contributed by atoms with Gasteiger partial charge >= 0.3 is 0 Å². The highest BCUT2D eigenvalue weighted by atomic mass is 35.5. The molecule has 1 aromatic heterocycles. The van der Waals surface area contributed by atoms with E-state index in [-0.39, 0.29) is 5.54 Å². The van der Waals surface area contributed by atoms with Crippen LogP contribution >= 0.6 is 11.6 Å². The minimum absolute atomic E-state index is 0.176. The van der Waals surface area contributed by atoms with Gasteiger partial charge in [0.2, 0.25) is 0 Å². The predicted molar refractivity (Wildman–Crippen MR) is 73.3 cm³/mol. The van der Waals surface area contributed by atoms with Gasteiger partial charge in [-0.3, -0.25) is 4.98 Å². The van der Waals surface area contributed by atoms with Gasteiger partial charge in [0.25, 0.3) is 0 Å². The topological polar surface area (TPSA) is 28.2 Å². The second kappa shape index (κ2) is 6.34. The van der Waals surface area contributed by atoms with Gasteiger partial charge in [0, 0.05) is 37.6 Å². The van der Waals surface area contributed by atoms with Crippen molar-refractivity contribution in [1.29, 1.82) is 0 Å². The number of rotatable bonds is 5. The van der Waals surface area contributed by atoms with Gasteiger partial charge < -0.3 is 10.2 Å². The van der Waals surface area contributed by atoms with Crippen molar-refractivity contribution in [2.45, 2.75) is 32.9 Å². The summed E-state index contributed by atoms with van der Waals surface area (Å²) in [5.74, 6) is 0. The Balaban J connectivity index is 2.35. The predicted octanol–water partition coefficient (Wildman–Crippen LogP) is 2.55. The molecule has 3 nitrogen and oxygen atoms in total. The van der Waals surface area contributed by atoms with Crippen LogP contribution in [-0.2, 0) is 6.54 Å². The monoisotopic (exact) mass is 255 g/mol. The zero-order valence-electron chi connectivity index (χ0n) is 11.1. The van der Waals surface area contributed by atoms with Crippen LogP contribution in [0, 0.1) is 0 Å². The van der Waals surface area contributed by atoms with E-state index in [0.29, 0.717) is 0 Å². The fourth-order valence-corrected chi connectivity index (χ4v) is 1.70. The van der Waals surface area contributed by atoms with E-state index < -0.39 is 0 Å². The van der Waals surface area contributed by atoms with Crippen molar-refractivity contribution in [2.75, 3.05) is 20.1 Å². The van der Waals surface area contributed by atoms with Gasteiger partial charge in [-0.05, 0) is 39.4 Å². The fourth-order valence-electron chi connectivity index (χ4n) is 1.52. The Kier molecular flexibility index (Phi) is 5.37. The van der Waals surface area contributed by atoms with Gasteiger partial charge in [0.15, 0.2) is 0 Å². The van der Waals surface area contributed by atoms with Crippen molar-refractivity contribution < 1.29 is 0 Å². The lowest BCUT2D eigenvalue weighted by atomic mass is 10.1. The summed E-state index contributed by atoms with van der Waals surface area (Å²) in [7, 11) is 2.10. The van der Waals surface area contributed by atoms with Gasteiger partial charge in [-0.1, -0.05) is 11.6 Å². The van der Waals surface area contributed by atoms with Crippen LogP contribution in [-0.4, -0.2) is 35.6 Å². The molecule has 0 saturated carbocycles. The molecule has 0 saturated heterocycles. The van der Waals surface area contributed by atoms with Crippen LogP contribution in [0.4, 0.5) is 0 Å². The lowest BCUT2D eigenvalue weighted by molar-refractivity contribution is 0.303. The van der Waals surface area contributed by atoms with E-state index in [2.05, 4.69) is 43.0 Å². The van der Waals surface area contributed by atoms with Crippen LogP contribution in [0.15, 0.2) is 18.5 Å². The largest absolute Gasteiger partial charge is 0.311 e. The van der Waals surface area contributed by atoms with Crippen molar-refractivity contribution in [3.63, 3.8) is 0 Å². The highest BCUT2D eigenvalue weighted by molar-refractivity contribution is 6.31. The highest BCUT2D eigenvalue weighted by Gasteiger charge is 2.09. The van der Waals surface area contributed by atoms with Gasteiger partial charge in [-0.15, -0.1) is 0 Å². The smallest absolute Gasteiger partial charge is 0.0634 e. The van der Waals surface area contributed by atoms with E-state index in [0.717, 1.165) is 30.2 Å². The normalized spacial score (nSPS) is 12.1. The second-order valence-corrected chi connectivity index (χ2v) is 5.79. The molecule has 0 aliphatic rings. The number of nitrogens with one attached hydrogen (secondary N) is 1. The average molecular weight is 256 g/mol. The third-order valence-corrected chi connectivity index (χ3v) is 2.79. The van der Waals surface area contributed by atoms with Gasteiger partial charge in [-0.2, -0.15) is 0 Å². The quantitative estimate of drug-likeness (QED) is 0.877. The average Bonchev–Trinajstić information content (AvgIpc) is 2.19. The summed E-state index contributed by atoms with van der Waals surface area (Å²) in [5.41, 5.74) is 1.30. The Labute approximate surface area is 109 Å². The van der Waals surface area contributed by atoms with Crippen LogP contribution in [0.1, 0.15) is 26.3 Å². The Morgan fingerprint density at radius 1 is 1.41 bits per heavy atom. The van der Waals surface area contributed by atoms with E-state index in [1.807, 2.05) is 6.07 Å². The summed E-state index contributed by atoms with van der Waals surface area (Å²) >= 11 is 6.07. The molecule has 0 aliphatic heterocycles. The standard InChI is InChI=1S/C13H22ClN3/c1-13(2,3)16-7-8-17(4)10-11-5-6-15-9-12(11)14/h5-6,9,16H,7-8,10H2,1-4H3. The maximum atomic E-state index is 6.07. The van der Waals surface area contributed by atoms with E-state index >= 15 is 0 Å². The molecule has 0 spiro atoms. The van der Waals surface area contributed by atoms with Crippen molar-refractivity contribution in [1.82, 2.24) is 15.2 Å². The van der Waals surface area contributed by atoms with Crippen molar-refractivity contribution >= 4 is 11.6 Å². The van der Waals surface area contributed by atoms with Gasteiger partial charge in [0.05, 0.1) is 5.02 Å². The van der Waals surface area contributed by atoms with Crippen LogP contribution in [0.5, 0.6) is 0 Å². The molecule has 96 valence electrons. The van der Waals surface area contributed by atoms with Crippen molar-refractivity contribution in [2.24, 2.45) is 0 Å². The van der Waals surface area contributed by atoms with Gasteiger partial charge in [0.1, 0.15) is 0 Å². The summed E-state index contributed by atoms with van der Waals surface area (Å²) in [5, 5.41) is 4.21. The maximum Gasteiger partial charge on any atom is 0.0634 e. The third kappa shape index (κ3) is 6.01. The Hall–Kier alpha value is -0.640. The zero-order valence-corrected chi connectivity index (χ0v) is 11.9. The van der Waals surface area contributed by atoms with Gasteiger partial charge in [-0.25, -0.2) is 0 Å². The number of hydrogen-bond acceptors (Lipinski definition) is 3. The van der Waals surface area contributed by atoms with E-state index in [9.17, 15) is 0 Å². The first-order valence-corrected chi connectivity index (χ1v) is 6.28. The molecule has 4 heteroatoms. The molecule has 0 atom stereocenters. The van der Waals surface area contributed by atoms with Crippen LogP contribution < -0.4 is 5.32 Å².